The quantitative estimate of drug-likeness (QED) is 0.905. The van der Waals surface area contributed by atoms with Gasteiger partial charge in [0.15, 0.2) is 0 Å². The second-order valence-corrected chi connectivity index (χ2v) is 4.63. The summed E-state index contributed by atoms with van der Waals surface area (Å²) in [6.45, 7) is 5.95. The van der Waals surface area contributed by atoms with Crippen LogP contribution in [0.3, 0.4) is 0 Å². The van der Waals surface area contributed by atoms with Crippen molar-refractivity contribution in [3.05, 3.63) is 22.8 Å². The van der Waals surface area contributed by atoms with Crippen molar-refractivity contribution in [2.24, 2.45) is 11.7 Å². The molecule has 1 rings (SSSR count). The number of nitrogens with zero attached hydrogens (tertiary/aromatic N) is 2. The molecule has 0 aliphatic carbocycles. The molecule has 1 atom stereocenters. The van der Waals surface area contributed by atoms with Gasteiger partial charge in [-0.25, -0.2) is 9.97 Å². The Morgan fingerprint density at radius 2 is 1.67 bits per heavy atom. The average Bonchev–Trinajstić information content (AvgIpc) is 2.20. The summed E-state index contributed by atoms with van der Waals surface area (Å²) < 4.78 is 36.8. The molecule has 1 aromatic heterocycles. The molecule has 1 aromatic rings. The van der Waals surface area contributed by atoms with Gasteiger partial charge < -0.3 is 5.73 Å². The zero-order chi connectivity index (χ0) is 13.9. The maximum Gasteiger partial charge on any atom is 0.396 e. The molecular formula is C12H18F3N3. The number of aromatic nitrogens is 2. The highest BCUT2D eigenvalue weighted by Gasteiger charge is 2.29. The van der Waals surface area contributed by atoms with Crippen molar-refractivity contribution >= 4 is 0 Å². The third-order valence-corrected chi connectivity index (χ3v) is 2.78. The lowest BCUT2D eigenvalue weighted by Gasteiger charge is -2.14. The highest BCUT2D eigenvalue weighted by Crippen LogP contribution is 2.21. The van der Waals surface area contributed by atoms with E-state index in [-0.39, 0.29) is 11.7 Å². The lowest BCUT2D eigenvalue weighted by Crippen LogP contribution is -2.18. The molecule has 0 bridgehead atoms. The van der Waals surface area contributed by atoms with Crippen LogP contribution in [-0.2, 0) is 12.8 Å². The van der Waals surface area contributed by atoms with Crippen LogP contribution in [-0.4, -0.2) is 22.7 Å². The zero-order valence-electron chi connectivity index (χ0n) is 10.8. The number of halogens is 3. The summed E-state index contributed by atoms with van der Waals surface area (Å²) in [6, 6.07) is 0. The second kappa shape index (κ2) is 5.65. The van der Waals surface area contributed by atoms with E-state index in [9.17, 15) is 13.2 Å². The normalized spacial score (nSPS) is 13.7. The highest BCUT2D eigenvalue weighted by atomic mass is 19.4. The molecule has 0 amide bonds. The number of aryl methyl sites for hydroxylation is 2. The molecule has 3 nitrogen and oxygen atoms in total. The van der Waals surface area contributed by atoms with Gasteiger partial charge in [0.1, 0.15) is 12.2 Å². The molecule has 102 valence electrons. The first-order valence-electron chi connectivity index (χ1n) is 5.82. The van der Waals surface area contributed by atoms with Crippen LogP contribution in [0.15, 0.2) is 0 Å². The Morgan fingerprint density at radius 1 is 1.17 bits per heavy atom. The summed E-state index contributed by atoms with van der Waals surface area (Å²) in [5, 5.41) is 0. The SMILES string of the molecule is Cc1nc(CC(F)(F)F)nc(C)c1CC(C)CN. The monoisotopic (exact) mass is 261 g/mol. The molecule has 18 heavy (non-hydrogen) atoms. The van der Waals surface area contributed by atoms with Gasteiger partial charge in [-0.2, -0.15) is 13.2 Å². The lowest BCUT2D eigenvalue weighted by molar-refractivity contribution is -0.128. The summed E-state index contributed by atoms with van der Waals surface area (Å²) in [7, 11) is 0. The Hall–Kier alpha value is -1.17. The Labute approximate surface area is 105 Å². The van der Waals surface area contributed by atoms with Crippen molar-refractivity contribution in [2.75, 3.05) is 6.54 Å². The average molecular weight is 261 g/mol. The van der Waals surface area contributed by atoms with Gasteiger partial charge in [-0.05, 0) is 38.3 Å². The van der Waals surface area contributed by atoms with Crippen LogP contribution in [0, 0.1) is 19.8 Å². The summed E-state index contributed by atoms with van der Waals surface area (Å²) in [4.78, 5) is 7.87. The van der Waals surface area contributed by atoms with E-state index in [0.29, 0.717) is 24.4 Å². The van der Waals surface area contributed by atoms with Crippen LogP contribution in [0.1, 0.15) is 29.7 Å². The largest absolute Gasteiger partial charge is 0.396 e. The first-order chi connectivity index (χ1) is 8.23. The molecule has 6 heteroatoms. The van der Waals surface area contributed by atoms with E-state index in [0.717, 1.165) is 5.56 Å². The van der Waals surface area contributed by atoms with Crippen LogP contribution in [0.4, 0.5) is 13.2 Å². The topological polar surface area (TPSA) is 51.8 Å². The number of nitrogens with two attached hydrogens (primary N) is 1. The molecule has 0 aliphatic rings. The zero-order valence-corrected chi connectivity index (χ0v) is 10.8. The minimum absolute atomic E-state index is 0.165. The van der Waals surface area contributed by atoms with Crippen LogP contribution >= 0.6 is 0 Å². The third kappa shape index (κ3) is 4.25. The Bertz CT molecular complexity index is 393. The smallest absolute Gasteiger partial charge is 0.330 e. The fourth-order valence-corrected chi connectivity index (χ4v) is 1.79. The molecule has 0 aromatic carbocycles. The Kier molecular flexibility index (Phi) is 4.67. The van der Waals surface area contributed by atoms with E-state index in [4.69, 9.17) is 5.73 Å². The van der Waals surface area contributed by atoms with E-state index in [1.807, 2.05) is 6.92 Å². The molecule has 0 aliphatic heterocycles. The van der Waals surface area contributed by atoms with Crippen molar-refractivity contribution in [3.8, 4) is 0 Å². The first kappa shape index (κ1) is 14.9. The van der Waals surface area contributed by atoms with Crippen LogP contribution in [0.25, 0.3) is 0 Å². The van der Waals surface area contributed by atoms with Crippen molar-refractivity contribution in [3.63, 3.8) is 0 Å². The van der Waals surface area contributed by atoms with Gasteiger partial charge in [0.25, 0.3) is 0 Å². The summed E-state index contributed by atoms with van der Waals surface area (Å²) in [5.74, 6) is 0.0983. The van der Waals surface area contributed by atoms with Crippen LogP contribution in [0.2, 0.25) is 0 Å². The Morgan fingerprint density at radius 3 is 2.06 bits per heavy atom. The van der Waals surface area contributed by atoms with Crippen molar-refractivity contribution in [1.29, 1.82) is 0 Å². The minimum atomic E-state index is -4.27. The van der Waals surface area contributed by atoms with Crippen molar-refractivity contribution < 1.29 is 13.2 Å². The van der Waals surface area contributed by atoms with Gasteiger partial charge in [0.2, 0.25) is 0 Å². The lowest BCUT2D eigenvalue weighted by atomic mass is 9.99. The fraction of sp³-hybridized carbons (Fsp3) is 0.667. The number of hydrogen-bond donors (Lipinski definition) is 1. The predicted octanol–water partition coefficient (Wildman–Crippen LogP) is 2.34. The van der Waals surface area contributed by atoms with E-state index >= 15 is 0 Å². The van der Waals surface area contributed by atoms with E-state index in [1.54, 1.807) is 13.8 Å². The van der Waals surface area contributed by atoms with Crippen LogP contribution in [0.5, 0.6) is 0 Å². The van der Waals surface area contributed by atoms with Gasteiger partial charge in [0, 0.05) is 11.4 Å². The molecular weight excluding hydrogens is 243 g/mol. The molecule has 0 saturated carbocycles. The minimum Gasteiger partial charge on any atom is -0.330 e. The van der Waals surface area contributed by atoms with E-state index < -0.39 is 12.6 Å². The fourth-order valence-electron chi connectivity index (χ4n) is 1.79. The maximum atomic E-state index is 12.3. The van der Waals surface area contributed by atoms with Crippen molar-refractivity contribution in [2.45, 2.75) is 39.8 Å². The Balaban J connectivity index is 2.97. The van der Waals surface area contributed by atoms with E-state index in [2.05, 4.69) is 9.97 Å². The molecule has 0 saturated heterocycles. The van der Waals surface area contributed by atoms with Gasteiger partial charge in [-0.3, -0.25) is 0 Å². The molecule has 0 fully saturated rings. The maximum absolute atomic E-state index is 12.3. The molecule has 1 heterocycles. The van der Waals surface area contributed by atoms with Gasteiger partial charge >= 0.3 is 6.18 Å². The number of hydrogen-bond acceptors (Lipinski definition) is 3. The molecule has 2 N–H and O–H groups in total. The van der Waals surface area contributed by atoms with Gasteiger partial charge in [0.05, 0.1) is 0 Å². The summed E-state index contributed by atoms with van der Waals surface area (Å²) in [5.41, 5.74) is 7.67. The third-order valence-electron chi connectivity index (χ3n) is 2.78. The van der Waals surface area contributed by atoms with Gasteiger partial charge in [-0.15, -0.1) is 0 Å². The van der Waals surface area contributed by atoms with Crippen molar-refractivity contribution in [1.82, 2.24) is 9.97 Å². The van der Waals surface area contributed by atoms with Crippen LogP contribution < -0.4 is 5.73 Å². The predicted molar refractivity (Wildman–Crippen MR) is 63.2 cm³/mol. The summed E-state index contributed by atoms with van der Waals surface area (Å²) >= 11 is 0. The molecule has 1 unspecified atom stereocenters. The summed E-state index contributed by atoms with van der Waals surface area (Å²) in [6.07, 6.45) is -4.66. The first-order valence-corrected chi connectivity index (χ1v) is 5.82. The number of rotatable bonds is 4. The molecule has 0 spiro atoms. The molecule has 0 radical (unpaired) electrons. The number of alkyl halides is 3. The van der Waals surface area contributed by atoms with Gasteiger partial charge in [-0.1, -0.05) is 6.92 Å². The van der Waals surface area contributed by atoms with E-state index in [1.165, 1.54) is 0 Å². The standard InChI is InChI=1S/C12H18F3N3/c1-7(6-16)4-10-8(2)17-11(18-9(10)3)5-12(13,14)15/h7H,4-6,16H2,1-3H3. The second-order valence-electron chi connectivity index (χ2n) is 4.63. The highest BCUT2D eigenvalue weighted by molar-refractivity contribution is 5.25.